The van der Waals surface area contributed by atoms with Gasteiger partial charge < -0.3 is 14.8 Å². The predicted octanol–water partition coefficient (Wildman–Crippen LogP) is 2.91. The Morgan fingerprint density at radius 3 is 2.56 bits per heavy atom. The lowest BCUT2D eigenvalue weighted by Crippen LogP contribution is -2.49. The Bertz CT molecular complexity index is 611. The van der Waals surface area contributed by atoms with Crippen molar-refractivity contribution < 1.29 is 4.79 Å². The summed E-state index contributed by atoms with van der Waals surface area (Å²) >= 11 is 0. The van der Waals surface area contributed by atoms with Gasteiger partial charge in [0.05, 0.1) is 0 Å². The van der Waals surface area contributed by atoms with E-state index in [1.165, 1.54) is 25.7 Å². The quantitative estimate of drug-likeness (QED) is 0.896. The zero-order chi connectivity index (χ0) is 17.3. The fourth-order valence-electron chi connectivity index (χ4n) is 4.95. The zero-order valence-electron chi connectivity index (χ0n) is 15.5. The van der Waals surface area contributed by atoms with Gasteiger partial charge in [-0.3, -0.25) is 0 Å². The van der Waals surface area contributed by atoms with E-state index in [-0.39, 0.29) is 6.03 Å². The molecule has 138 valence electrons. The fraction of sp³-hybridized carbons (Fsp3) is 0.842. The molecule has 0 bridgehead atoms. The molecular formula is C19H31N5O. The number of nitrogens with zero attached hydrogens (tertiary/aromatic N) is 4. The minimum absolute atomic E-state index is 0.167. The highest BCUT2D eigenvalue weighted by atomic mass is 16.2. The van der Waals surface area contributed by atoms with Crippen LogP contribution in [0.4, 0.5) is 4.79 Å². The number of nitrogens with one attached hydrogen (secondary N) is 1. The summed E-state index contributed by atoms with van der Waals surface area (Å²) in [5, 5.41) is 12.0. The van der Waals surface area contributed by atoms with Crippen LogP contribution in [0.2, 0.25) is 0 Å². The topological polar surface area (TPSA) is 63.1 Å². The fourth-order valence-corrected chi connectivity index (χ4v) is 4.95. The molecule has 1 aliphatic carbocycles. The van der Waals surface area contributed by atoms with Crippen molar-refractivity contribution in [1.29, 1.82) is 0 Å². The van der Waals surface area contributed by atoms with Crippen LogP contribution in [-0.2, 0) is 19.4 Å². The van der Waals surface area contributed by atoms with E-state index in [1.807, 2.05) is 4.90 Å². The van der Waals surface area contributed by atoms with Gasteiger partial charge in [-0.15, -0.1) is 10.2 Å². The van der Waals surface area contributed by atoms with Crippen molar-refractivity contribution in [2.45, 2.75) is 83.7 Å². The van der Waals surface area contributed by atoms with Crippen molar-refractivity contribution in [1.82, 2.24) is 25.0 Å². The number of aromatic nitrogens is 3. The number of rotatable bonds is 2. The summed E-state index contributed by atoms with van der Waals surface area (Å²) in [6.45, 7) is 5.00. The Morgan fingerprint density at radius 1 is 1.12 bits per heavy atom. The van der Waals surface area contributed by atoms with E-state index in [2.05, 4.69) is 27.0 Å². The molecule has 6 nitrogen and oxygen atoms in total. The third-order valence-electron chi connectivity index (χ3n) is 6.76. The van der Waals surface area contributed by atoms with Gasteiger partial charge in [0.25, 0.3) is 0 Å². The van der Waals surface area contributed by atoms with Gasteiger partial charge in [-0.2, -0.15) is 0 Å². The maximum atomic E-state index is 12.5. The number of piperidine rings is 1. The molecule has 0 unspecified atom stereocenters. The van der Waals surface area contributed by atoms with E-state index in [0.29, 0.717) is 11.5 Å². The van der Waals surface area contributed by atoms with Gasteiger partial charge in [-0.1, -0.05) is 19.8 Å². The molecule has 0 radical (unpaired) electrons. The lowest BCUT2D eigenvalue weighted by molar-refractivity contribution is 0.0993. The molecule has 3 heterocycles. The molecule has 1 N–H and O–H groups in total. The molecule has 6 heteroatoms. The van der Waals surface area contributed by atoms with Crippen LogP contribution in [-0.4, -0.2) is 44.8 Å². The molecular weight excluding hydrogens is 314 g/mol. The molecule has 1 saturated carbocycles. The van der Waals surface area contributed by atoms with Crippen molar-refractivity contribution in [3.8, 4) is 0 Å². The van der Waals surface area contributed by atoms with Gasteiger partial charge in [0.2, 0.25) is 0 Å². The monoisotopic (exact) mass is 345 g/mol. The Balaban J connectivity index is 1.33. The highest BCUT2D eigenvalue weighted by Crippen LogP contribution is 2.41. The third-order valence-corrected chi connectivity index (χ3v) is 6.76. The third kappa shape index (κ3) is 3.40. The van der Waals surface area contributed by atoms with E-state index < -0.39 is 0 Å². The van der Waals surface area contributed by atoms with Crippen molar-refractivity contribution >= 4 is 6.03 Å². The van der Waals surface area contributed by atoms with Crippen LogP contribution in [0.5, 0.6) is 0 Å². The molecule has 1 aromatic rings. The average Bonchev–Trinajstić information content (AvgIpc) is 3.25. The number of fused-ring (bicyclic) bond motifs is 1. The molecule has 25 heavy (non-hydrogen) atoms. The molecule has 2 fully saturated rings. The first-order valence-corrected chi connectivity index (χ1v) is 10.2. The maximum absolute atomic E-state index is 12.5. The van der Waals surface area contributed by atoms with Crippen LogP contribution < -0.4 is 5.32 Å². The highest BCUT2D eigenvalue weighted by Gasteiger charge is 2.38. The van der Waals surface area contributed by atoms with Crippen molar-refractivity contribution in [2.24, 2.45) is 5.41 Å². The Morgan fingerprint density at radius 2 is 1.84 bits per heavy atom. The lowest BCUT2D eigenvalue weighted by atomic mass is 9.73. The Hall–Kier alpha value is -1.59. The number of urea groups is 1. The SMILES string of the molecule is CCc1nnc2n1CCC1(CC2)CCN(C(=O)NC2CCCC2)CC1. The summed E-state index contributed by atoms with van der Waals surface area (Å²) in [6.07, 6.45) is 11.5. The number of carbonyl (C=O) groups excluding carboxylic acids is 1. The minimum atomic E-state index is 0.167. The maximum Gasteiger partial charge on any atom is 0.317 e. The van der Waals surface area contributed by atoms with Gasteiger partial charge in [-0.05, 0) is 43.9 Å². The normalized spacial score (nSPS) is 23.5. The molecule has 4 rings (SSSR count). The summed E-state index contributed by atoms with van der Waals surface area (Å²) in [6, 6.07) is 0.582. The molecule has 1 saturated heterocycles. The molecule has 2 aliphatic heterocycles. The first-order valence-electron chi connectivity index (χ1n) is 10.2. The van der Waals surface area contributed by atoms with Crippen molar-refractivity contribution in [3.05, 3.63) is 11.6 Å². The van der Waals surface area contributed by atoms with Crippen molar-refractivity contribution in [2.75, 3.05) is 13.1 Å². The number of hydrogen-bond donors (Lipinski definition) is 1. The number of carbonyl (C=O) groups is 1. The van der Waals surface area contributed by atoms with E-state index >= 15 is 0 Å². The Labute approximate surface area is 150 Å². The number of likely N-dealkylation sites (tertiary alicyclic amines) is 1. The highest BCUT2D eigenvalue weighted by molar-refractivity contribution is 5.74. The van der Waals surface area contributed by atoms with Gasteiger partial charge in [0.15, 0.2) is 0 Å². The molecule has 0 aromatic carbocycles. The molecule has 0 atom stereocenters. The smallest absolute Gasteiger partial charge is 0.317 e. The number of aryl methyl sites for hydroxylation is 2. The van der Waals surface area contributed by atoms with Gasteiger partial charge in [-0.25, -0.2) is 4.79 Å². The van der Waals surface area contributed by atoms with Crippen LogP contribution in [0.1, 0.15) is 69.9 Å². The minimum Gasteiger partial charge on any atom is -0.335 e. The van der Waals surface area contributed by atoms with Crippen LogP contribution in [0.25, 0.3) is 0 Å². The summed E-state index contributed by atoms with van der Waals surface area (Å²) in [7, 11) is 0. The van der Waals surface area contributed by atoms with Crippen LogP contribution in [0.3, 0.4) is 0 Å². The van der Waals surface area contributed by atoms with Crippen LogP contribution in [0, 0.1) is 5.41 Å². The van der Waals surface area contributed by atoms with Crippen LogP contribution >= 0.6 is 0 Å². The number of amides is 2. The van der Waals surface area contributed by atoms with E-state index in [1.54, 1.807) is 0 Å². The second-order valence-corrected chi connectivity index (χ2v) is 8.21. The lowest BCUT2D eigenvalue weighted by Gasteiger charge is -2.41. The largest absolute Gasteiger partial charge is 0.335 e. The predicted molar refractivity (Wildman–Crippen MR) is 96.4 cm³/mol. The first kappa shape index (κ1) is 16.9. The summed E-state index contributed by atoms with van der Waals surface area (Å²) in [4.78, 5) is 14.6. The first-order chi connectivity index (χ1) is 12.2. The van der Waals surface area contributed by atoms with E-state index in [0.717, 1.165) is 69.8 Å². The summed E-state index contributed by atoms with van der Waals surface area (Å²) < 4.78 is 2.34. The molecule has 2 amide bonds. The second-order valence-electron chi connectivity index (χ2n) is 8.21. The van der Waals surface area contributed by atoms with Gasteiger partial charge in [0, 0.05) is 38.5 Å². The number of hydrogen-bond acceptors (Lipinski definition) is 3. The van der Waals surface area contributed by atoms with E-state index in [9.17, 15) is 4.79 Å². The summed E-state index contributed by atoms with van der Waals surface area (Å²) in [5.74, 6) is 2.29. The second kappa shape index (κ2) is 6.96. The molecule has 1 spiro atoms. The zero-order valence-corrected chi connectivity index (χ0v) is 15.5. The van der Waals surface area contributed by atoms with Crippen molar-refractivity contribution in [3.63, 3.8) is 0 Å². The average molecular weight is 345 g/mol. The Kier molecular flexibility index (Phi) is 4.69. The van der Waals surface area contributed by atoms with E-state index in [4.69, 9.17) is 0 Å². The van der Waals surface area contributed by atoms with Gasteiger partial charge >= 0.3 is 6.03 Å². The standard InChI is InChI=1S/C19H31N5O/c1-2-16-21-22-17-7-8-19(11-14-24(16)17)9-12-23(13-10-19)18(25)20-15-5-3-4-6-15/h15H,2-14H2,1H3,(H,20,25). The van der Waals surface area contributed by atoms with Gasteiger partial charge in [0.1, 0.15) is 11.6 Å². The van der Waals surface area contributed by atoms with Crippen LogP contribution in [0.15, 0.2) is 0 Å². The molecule has 1 aromatic heterocycles. The summed E-state index contributed by atoms with van der Waals surface area (Å²) in [5.41, 5.74) is 0.385. The molecule has 3 aliphatic rings.